The maximum atomic E-state index is 11.2. The summed E-state index contributed by atoms with van der Waals surface area (Å²) in [4.78, 5) is 13.1. The van der Waals surface area contributed by atoms with Gasteiger partial charge in [-0.2, -0.15) is 0 Å². The third kappa shape index (κ3) is 2.64. The van der Waals surface area contributed by atoms with Gasteiger partial charge in [0.05, 0.1) is 10.3 Å². The summed E-state index contributed by atoms with van der Waals surface area (Å²) < 4.78 is 0.632. The molecule has 0 fully saturated rings. The second-order valence-electron chi connectivity index (χ2n) is 3.32. The Morgan fingerprint density at radius 1 is 1.44 bits per heavy atom. The van der Waals surface area contributed by atoms with Crippen LogP contribution in [0.15, 0.2) is 29.6 Å². The second-order valence-corrected chi connectivity index (χ2v) is 6.10. The van der Waals surface area contributed by atoms with Crippen LogP contribution in [0.5, 0.6) is 0 Å². The van der Waals surface area contributed by atoms with Crippen molar-refractivity contribution in [2.24, 2.45) is 0 Å². The van der Waals surface area contributed by atoms with Gasteiger partial charge in [0, 0.05) is 9.75 Å². The maximum absolute atomic E-state index is 11.2. The Labute approximate surface area is 106 Å². The lowest BCUT2D eigenvalue weighted by Gasteiger charge is -2.08. The number of hydrogen-bond donors (Lipinski definition) is 1. The van der Waals surface area contributed by atoms with E-state index in [-0.39, 0.29) is 0 Å². The van der Waals surface area contributed by atoms with Crippen molar-refractivity contribution in [2.75, 3.05) is 0 Å². The molecule has 2 heterocycles. The van der Waals surface area contributed by atoms with Crippen molar-refractivity contribution in [3.8, 4) is 0 Å². The molecule has 0 bridgehead atoms. The number of aliphatic carboxylic acids is 1. The summed E-state index contributed by atoms with van der Waals surface area (Å²) in [5.41, 5.74) is 0. The molecule has 16 heavy (non-hydrogen) atoms. The number of rotatable bonds is 4. The third-order valence-electron chi connectivity index (χ3n) is 2.22. The van der Waals surface area contributed by atoms with Crippen LogP contribution in [-0.2, 0) is 11.2 Å². The smallest absolute Gasteiger partial charge is 0.312 e. The summed E-state index contributed by atoms with van der Waals surface area (Å²) >= 11 is 8.73. The van der Waals surface area contributed by atoms with E-state index in [1.807, 2.05) is 17.5 Å². The molecule has 1 atom stereocenters. The Morgan fingerprint density at radius 2 is 2.25 bits per heavy atom. The maximum Gasteiger partial charge on any atom is 0.312 e. The van der Waals surface area contributed by atoms with Gasteiger partial charge in [-0.3, -0.25) is 4.79 Å². The number of halogens is 1. The molecule has 0 aliphatic heterocycles. The summed E-state index contributed by atoms with van der Waals surface area (Å²) in [7, 11) is 0. The second kappa shape index (κ2) is 4.99. The topological polar surface area (TPSA) is 37.3 Å². The highest BCUT2D eigenvalue weighted by Gasteiger charge is 2.22. The van der Waals surface area contributed by atoms with Gasteiger partial charge >= 0.3 is 5.97 Å². The van der Waals surface area contributed by atoms with E-state index in [1.165, 1.54) is 11.3 Å². The predicted octanol–water partition coefficient (Wildman–Crippen LogP) is 3.87. The van der Waals surface area contributed by atoms with Crippen LogP contribution in [0.3, 0.4) is 0 Å². The molecule has 0 saturated carbocycles. The van der Waals surface area contributed by atoms with E-state index < -0.39 is 11.9 Å². The van der Waals surface area contributed by atoms with Crippen LogP contribution in [0.1, 0.15) is 15.7 Å². The van der Waals surface area contributed by atoms with Crippen LogP contribution in [0.2, 0.25) is 4.34 Å². The monoisotopic (exact) mass is 272 g/mol. The van der Waals surface area contributed by atoms with Crippen molar-refractivity contribution in [1.82, 2.24) is 0 Å². The molecule has 2 nitrogen and oxygen atoms in total. The standard InChI is InChI=1S/C11H9ClO2S2/c12-10-4-3-9(16-10)8(11(13)14)6-7-2-1-5-15-7/h1-5,8H,6H2,(H,13,14). The fourth-order valence-corrected chi connectivity index (χ4v) is 3.36. The molecule has 0 aliphatic carbocycles. The molecule has 0 spiro atoms. The van der Waals surface area contributed by atoms with Crippen molar-refractivity contribution < 1.29 is 9.90 Å². The lowest BCUT2D eigenvalue weighted by Crippen LogP contribution is -2.12. The van der Waals surface area contributed by atoms with Gasteiger partial charge in [-0.25, -0.2) is 0 Å². The van der Waals surface area contributed by atoms with Crippen molar-refractivity contribution in [1.29, 1.82) is 0 Å². The first-order valence-corrected chi connectivity index (χ1v) is 6.74. The summed E-state index contributed by atoms with van der Waals surface area (Å²) in [6, 6.07) is 7.42. The van der Waals surface area contributed by atoms with Gasteiger partial charge in [0.25, 0.3) is 0 Å². The number of thiophene rings is 2. The molecule has 5 heteroatoms. The molecule has 0 aliphatic rings. The Balaban J connectivity index is 2.21. The molecule has 0 aromatic carbocycles. The quantitative estimate of drug-likeness (QED) is 0.917. The summed E-state index contributed by atoms with van der Waals surface area (Å²) in [6.45, 7) is 0. The van der Waals surface area contributed by atoms with Gasteiger partial charge in [0.15, 0.2) is 0 Å². The average molecular weight is 273 g/mol. The Kier molecular flexibility index (Phi) is 3.63. The molecule has 2 aromatic rings. The molecule has 84 valence electrons. The number of carbonyl (C=O) groups is 1. The van der Waals surface area contributed by atoms with Crippen LogP contribution in [0.25, 0.3) is 0 Å². The lowest BCUT2D eigenvalue weighted by atomic mass is 10.0. The van der Waals surface area contributed by atoms with E-state index in [1.54, 1.807) is 23.5 Å². The van der Waals surface area contributed by atoms with E-state index in [0.29, 0.717) is 10.8 Å². The molecule has 2 rings (SSSR count). The predicted molar refractivity (Wildman–Crippen MR) is 67.7 cm³/mol. The largest absolute Gasteiger partial charge is 0.481 e. The first kappa shape index (κ1) is 11.6. The normalized spacial score (nSPS) is 12.6. The molecule has 1 N–H and O–H groups in total. The highest BCUT2D eigenvalue weighted by molar-refractivity contribution is 7.16. The first-order valence-electron chi connectivity index (χ1n) is 4.67. The SMILES string of the molecule is O=C(O)C(Cc1cccs1)c1ccc(Cl)s1. The molecular formula is C11H9ClO2S2. The summed E-state index contributed by atoms with van der Waals surface area (Å²) in [5, 5.41) is 11.2. The highest BCUT2D eigenvalue weighted by atomic mass is 35.5. The van der Waals surface area contributed by atoms with Gasteiger partial charge in [0.1, 0.15) is 0 Å². The zero-order valence-electron chi connectivity index (χ0n) is 8.22. The zero-order valence-corrected chi connectivity index (χ0v) is 10.6. The first-order chi connectivity index (χ1) is 7.66. The van der Waals surface area contributed by atoms with Gasteiger partial charge in [-0.15, -0.1) is 22.7 Å². The minimum atomic E-state index is -0.799. The Morgan fingerprint density at radius 3 is 2.75 bits per heavy atom. The summed E-state index contributed by atoms with van der Waals surface area (Å²) in [5.74, 6) is -1.29. The highest BCUT2D eigenvalue weighted by Crippen LogP contribution is 2.31. The van der Waals surface area contributed by atoms with Crippen LogP contribution in [0, 0.1) is 0 Å². The van der Waals surface area contributed by atoms with Crippen molar-refractivity contribution in [3.63, 3.8) is 0 Å². The minimum Gasteiger partial charge on any atom is -0.481 e. The van der Waals surface area contributed by atoms with Crippen LogP contribution >= 0.6 is 34.3 Å². The number of hydrogen-bond acceptors (Lipinski definition) is 3. The number of carboxylic acid groups (broad SMARTS) is 1. The fraction of sp³-hybridized carbons (Fsp3) is 0.182. The van der Waals surface area contributed by atoms with Crippen molar-refractivity contribution in [2.45, 2.75) is 12.3 Å². The molecule has 0 saturated heterocycles. The van der Waals surface area contributed by atoms with E-state index in [4.69, 9.17) is 11.6 Å². The van der Waals surface area contributed by atoms with Gasteiger partial charge < -0.3 is 5.11 Å². The van der Waals surface area contributed by atoms with Gasteiger partial charge in [-0.05, 0) is 30.0 Å². The third-order valence-corrected chi connectivity index (χ3v) is 4.46. The molecule has 1 unspecified atom stereocenters. The van der Waals surface area contributed by atoms with Gasteiger partial charge in [-0.1, -0.05) is 17.7 Å². The van der Waals surface area contributed by atoms with E-state index in [9.17, 15) is 9.90 Å². The molecule has 0 amide bonds. The zero-order chi connectivity index (χ0) is 11.5. The summed E-state index contributed by atoms with van der Waals surface area (Å²) in [6.07, 6.45) is 0.532. The molecule has 0 radical (unpaired) electrons. The van der Waals surface area contributed by atoms with Gasteiger partial charge in [0.2, 0.25) is 0 Å². The van der Waals surface area contributed by atoms with Crippen LogP contribution < -0.4 is 0 Å². The average Bonchev–Trinajstić information content (AvgIpc) is 2.84. The van der Waals surface area contributed by atoms with Crippen molar-refractivity contribution in [3.05, 3.63) is 43.7 Å². The van der Waals surface area contributed by atoms with Crippen LogP contribution in [-0.4, -0.2) is 11.1 Å². The number of carboxylic acids is 1. The Hall–Kier alpha value is -0.840. The lowest BCUT2D eigenvalue weighted by molar-refractivity contribution is -0.138. The fourth-order valence-electron chi connectivity index (χ4n) is 1.46. The van der Waals surface area contributed by atoms with E-state index in [0.717, 1.165) is 9.75 Å². The molecule has 2 aromatic heterocycles. The van der Waals surface area contributed by atoms with E-state index in [2.05, 4.69) is 0 Å². The van der Waals surface area contributed by atoms with Crippen LogP contribution in [0.4, 0.5) is 0 Å². The van der Waals surface area contributed by atoms with E-state index >= 15 is 0 Å². The minimum absolute atomic E-state index is 0.490. The Bertz CT molecular complexity index is 476. The molecular weight excluding hydrogens is 264 g/mol. The van der Waals surface area contributed by atoms with Crippen molar-refractivity contribution >= 4 is 40.2 Å².